The molecule has 0 fully saturated rings. The van der Waals surface area contributed by atoms with Crippen LogP contribution in [0.25, 0.3) is 0 Å². The summed E-state index contributed by atoms with van der Waals surface area (Å²) in [6, 6.07) is 18.3. The number of hydrogen-bond acceptors (Lipinski definition) is 2. The number of fused-ring (bicyclic) bond motifs is 1. The molecule has 1 aliphatic rings. The van der Waals surface area contributed by atoms with E-state index < -0.39 is 0 Å². The summed E-state index contributed by atoms with van der Waals surface area (Å²) in [6.45, 7) is 5.92. The second kappa shape index (κ2) is 5.53. The van der Waals surface area contributed by atoms with Gasteiger partial charge < -0.3 is 0 Å². The highest BCUT2D eigenvalue weighted by Gasteiger charge is 2.32. The predicted octanol–water partition coefficient (Wildman–Crippen LogP) is 4.18. The predicted molar refractivity (Wildman–Crippen MR) is 90.6 cm³/mol. The first-order valence-corrected chi connectivity index (χ1v) is 7.71. The van der Waals surface area contributed by atoms with Gasteiger partial charge in [0.25, 0.3) is 0 Å². The summed E-state index contributed by atoms with van der Waals surface area (Å²) in [6.07, 6.45) is 0.909. The Kier molecular flexibility index (Phi) is 3.69. The van der Waals surface area contributed by atoms with Gasteiger partial charge in [-0.05, 0) is 43.9 Å². The molecule has 0 saturated carbocycles. The molecule has 1 atom stereocenters. The number of aliphatic imine (C=N–C) groups is 1. The standard InChI is InChI=1S/C20H21NO/c1-14(22)18(15-9-5-4-6-10-15)19-17-12-8-7-11-16(17)13-20(2,3)21-19/h4-12,18H,13H2,1-3H3/t18-/m1/s1. The summed E-state index contributed by atoms with van der Waals surface area (Å²) < 4.78 is 0. The van der Waals surface area contributed by atoms with E-state index in [1.807, 2.05) is 36.4 Å². The van der Waals surface area contributed by atoms with E-state index in [9.17, 15) is 4.79 Å². The summed E-state index contributed by atoms with van der Waals surface area (Å²) in [5, 5.41) is 0. The quantitative estimate of drug-likeness (QED) is 0.834. The van der Waals surface area contributed by atoms with Crippen molar-refractivity contribution in [2.45, 2.75) is 38.6 Å². The van der Waals surface area contributed by atoms with E-state index >= 15 is 0 Å². The van der Waals surface area contributed by atoms with E-state index in [1.165, 1.54) is 5.56 Å². The van der Waals surface area contributed by atoms with Crippen LogP contribution >= 0.6 is 0 Å². The first kappa shape index (κ1) is 14.7. The van der Waals surface area contributed by atoms with Crippen molar-refractivity contribution >= 4 is 11.5 Å². The zero-order valence-electron chi connectivity index (χ0n) is 13.3. The highest BCUT2D eigenvalue weighted by molar-refractivity contribution is 6.18. The third-order valence-corrected chi connectivity index (χ3v) is 4.15. The van der Waals surface area contributed by atoms with Crippen LogP contribution in [0.3, 0.4) is 0 Å². The van der Waals surface area contributed by atoms with Crippen molar-refractivity contribution in [2.75, 3.05) is 0 Å². The van der Waals surface area contributed by atoms with E-state index in [4.69, 9.17) is 4.99 Å². The summed E-state index contributed by atoms with van der Waals surface area (Å²) in [5.41, 5.74) is 4.14. The first-order valence-electron chi connectivity index (χ1n) is 7.71. The van der Waals surface area contributed by atoms with Crippen molar-refractivity contribution in [1.29, 1.82) is 0 Å². The highest BCUT2D eigenvalue weighted by atomic mass is 16.1. The molecule has 0 N–H and O–H groups in total. The fraction of sp³-hybridized carbons (Fsp3) is 0.300. The summed E-state index contributed by atoms with van der Waals surface area (Å²) in [4.78, 5) is 17.3. The minimum Gasteiger partial charge on any atom is -0.299 e. The van der Waals surface area contributed by atoms with Gasteiger partial charge in [0.2, 0.25) is 0 Å². The number of nitrogens with zero attached hydrogens (tertiary/aromatic N) is 1. The molecule has 1 heterocycles. The molecule has 0 spiro atoms. The Balaban J connectivity index is 2.18. The summed E-state index contributed by atoms with van der Waals surface area (Å²) in [5.74, 6) is -0.153. The van der Waals surface area contributed by atoms with Crippen molar-refractivity contribution in [1.82, 2.24) is 0 Å². The van der Waals surface area contributed by atoms with Crippen molar-refractivity contribution in [2.24, 2.45) is 4.99 Å². The SMILES string of the molecule is CC(=O)[C@@H](C1=NC(C)(C)Cc2ccccc21)c1ccccc1. The van der Waals surface area contributed by atoms with Crippen LogP contribution in [0.1, 0.15) is 43.4 Å². The van der Waals surface area contributed by atoms with E-state index in [-0.39, 0.29) is 17.2 Å². The smallest absolute Gasteiger partial charge is 0.143 e. The summed E-state index contributed by atoms with van der Waals surface area (Å²) in [7, 11) is 0. The molecule has 1 aliphatic heterocycles. The molecule has 2 aromatic carbocycles. The molecule has 112 valence electrons. The second-order valence-corrected chi connectivity index (χ2v) is 6.60. The van der Waals surface area contributed by atoms with Gasteiger partial charge in [-0.3, -0.25) is 9.79 Å². The lowest BCUT2D eigenvalue weighted by Gasteiger charge is -2.32. The Hall–Kier alpha value is -2.22. The monoisotopic (exact) mass is 291 g/mol. The van der Waals surface area contributed by atoms with Gasteiger partial charge in [0, 0.05) is 0 Å². The molecule has 0 aromatic heterocycles. The molecule has 0 bridgehead atoms. The molecular formula is C20H21NO. The third kappa shape index (κ3) is 2.74. The molecule has 2 nitrogen and oxygen atoms in total. The van der Waals surface area contributed by atoms with Crippen LogP contribution in [-0.2, 0) is 11.2 Å². The van der Waals surface area contributed by atoms with Gasteiger partial charge in [-0.15, -0.1) is 0 Å². The first-order chi connectivity index (χ1) is 10.5. The Bertz CT molecular complexity index is 728. The number of Topliss-reactive ketones (excluding diaryl/α,β-unsaturated/α-hetero) is 1. The van der Waals surface area contributed by atoms with E-state index in [0.717, 1.165) is 23.3 Å². The Morgan fingerprint density at radius 3 is 2.36 bits per heavy atom. The topological polar surface area (TPSA) is 29.4 Å². The van der Waals surface area contributed by atoms with Crippen molar-refractivity contribution in [3.05, 3.63) is 71.3 Å². The average Bonchev–Trinajstić information content (AvgIpc) is 2.47. The van der Waals surface area contributed by atoms with Gasteiger partial charge in [0.15, 0.2) is 0 Å². The lowest BCUT2D eigenvalue weighted by Crippen LogP contribution is -2.33. The maximum Gasteiger partial charge on any atom is 0.143 e. The maximum atomic E-state index is 12.4. The fourth-order valence-electron chi connectivity index (χ4n) is 3.27. The Morgan fingerprint density at radius 1 is 1.05 bits per heavy atom. The average molecular weight is 291 g/mol. The number of benzene rings is 2. The molecule has 0 amide bonds. The van der Waals surface area contributed by atoms with Crippen LogP contribution in [0.5, 0.6) is 0 Å². The molecule has 22 heavy (non-hydrogen) atoms. The van der Waals surface area contributed by atoms with E-state index in [2.05, 4.69) is 32.0 Å². The van der Waals surface area contributed by atoms with E-state index in [1.54, 1.807) is 6.92 Å². The van der Waals surface area contributed by atoms with Gasteiger partial charge in [-0.2, -0.15) is 0 Å². The molecule has 3 rings (SSSR count). The lowest BCUT2D eigenvalue weighted by molar-refractivity contribution is -0.117. The third-order valence-electron chi connectivity index (χ3n) is 4.15. The van der Waals surface area contributed by atoms with Gasteiger partial charge in [-0.25, -0.2) is 0 Å². The minimum atomic E-state index is -0.290. The molecule has 2 aromatic rings. The van der Waals surface area contributed by atoms with Gasteiger partial charge in [0.1, 0.15) is 5.78 Å². The molecular weight excluding hydrogens is 270 g/mol. The van der Waals surface area contributed by atoms with Crippen LogP contribution < -0.4 is 0 Å². The summed E-state index contributed by atoms with van der Waals surface area (Å²) >= 11 is 0. The van der Waals surface area contributed by atoms with Gasteiger partial charge >= 0.3 is 0 Å². The number of hydrogen-bond donors (Lipinski definition) is 0. The Morgan fingerprint density at radius 2 is 1.68 bits per heavy atom. The Labute approximate surface area is 131 Å². The molecule has 0 aliphatic carbocycles. The second-order valence-electron chi connectivity index (χ2n) is 6.60. The minimum absolute atomic E-state index is 0.137. The van der Waals surface area contributed by atoms with Crippen LogP contribution in [0.2, 0.25) is 0 Å². The fourth-order valence-corrected chi connectivity index (χ4v) is 3.27. The van der Waals surface area contributed by atoms with Crippen molar-refractivity contribution < 1.29 is 4.79 Å². The lowest BCUT2D eigenvalue weighted by atomic mass is 9.79. The number of ketones is 1. The number of carbonyl (C=O) groups excluding carboxylic acids is 1. The highest BCUT2D eigenvalue weighted by Crippen LogP contribution is 2.33. The largest absolute Gasteiger partial charge is 0.299 e. The van der Waals surface area contributed by atoms with Gasteiger partial charge in [0.05, 0.1) is 17.2 Å². The van der Waals surface area contributed by atoms with Crippen LogP contribution in [0.4, 0.5) is 0 Å². The van der Waals surface area contributed by atoms with Crippen molar-refractivity contribution in [3.63, 3.8) is 0 Å². The maximum absolute atomic E-state index is 12.4. The van der Waals surface area contributed by atoms with Gasteiger partial charge in [-0.1, -0.05) is 54.6 Å². The zero-order chi connectivity index (χ0) is 15.7. The zero-order valence-corrected chi connectivity index (χ0v) is 13.3. The number of rotatable bonds is 3. The molecule has 2 heteroatoms. The van der Waals surface area contributed by atoms with Crippen LogP contribution in [0.15, 0.2) is 59.6 Å². The molecule has 0 saturated heterocycles. The molecule has 0 unspecified atom stereocenters. The normalized spacial score (nSPS) is 17.3. The molecule has 0 radical (unpaired) electrons. The number of carbonyl (C=O) groups is 1. The van der Waals surface area contributed by atoms with Crippen LogP contribution in [-0.4, -0.2) is 17.0 Å². The van der Waals surface area contributed by atoms with E-state index in [0.29, 0.717) is 0 Å². The van der Waals surface area contributed by atoms with Crippen LogP contribution in [0, 0.1) is 0 Å². The van der Waals surface area contributed by atoms with Crippen molar-refractivity contribution in [3.8, 4) is 0 Å².